The number of amides is 1. The highest BCUT2D eigenvalue weighted by Crippen LogP contribution is 2.30. The topological polar surface area (TPSA) is 69.0 Å². The SMILES string of the molecule is O=C(Nc1ccc2nn(-c3cccc(C(F)(F)F)c3)nc2c1)c1ccc(OCc2ccccc2)cc1. The fourth-order valence-corrected chi connectivity index (χ4v) is 3.56. The Balaban J connectivity index is 1.27. The van der Waals surface area contributed by atoms with Crippen LogP contribution in [0.5, 0.6) is 5.75 Å². The molecule has 0 radical (unpaired) electrons. The number of hydrogen-bond donors (Lipinski definition) is 1. The van der Waals surface area contributed by atoms with Crippen LogP contribution in [-0.4, -0.2) is 20.9 Å². The molecular formula is C27H19F3N4O2. The Labute approximate surface area is 203 Å². The lowest BCUT2D eigenvalue weighted by molar-refractivity contribution is -0.137. The number of rotatable bonds is 6. The Morgan fingerprint density at radius 3 is 2.33 bits per heavy atom. The van der Waals surface area contributed by atoms with Gasteiger partial charge in [0.1, 0.15) is 23.4 Å². The molecule has 0 saturated heterocycles. The first-order valence-corrected chi connectivity index (χ1v) is 11.0. The normalized spacial score (nSPS) is 11.4. The second-order valence-corrected chi connectivity index (χ2v) is 7.99. The average Bonchev–Trinajstić information content (AvgIpc) is 3.31. The molecule has 6 nitrogen and oxygen atoms in total. The van der Waals surface area contributed by atoms with E-state index in [2.05, 4.69) is 15.5 Å². The van der Waals surface area contributed by atoms with Gasteiger partial charge in [0.15, 0.2) is 0 Å². The average molecular weight is 488 g/mol. The third-order valence-electron chi connectivity index (χ3n) is 5.41. The molecule has 180 valence electrons. The van der Waals surface area contributed by atoms with Crippen molar-refractivity contribution in [3.05, 3.63) is 114 Å². The highest BCUT2D eigenvalue weighted by atomic mass is 19.4. The third kappa shape index (κ3) is 5.20. The maximum Gasteiger partial charge on any atom is 0.416 e. The summed E-state index contributed by atoms with van der Waals surface area (Å²) in [5, 5.41) is 11.3. The first-order valence-electron chi connectivity index (χ1n) is 11.0. The van der Waals surface area contributed by atoms with Crippen LogP contribution in [0.15, 0.2) is 97.1 Å². The summed E-state index contributed by atoms with van der Waals surface area (Å²) >= 11 is 0. The standard InChI is InChI=1S/C27H19F3N4O2/c28-27(29,30)20-7-4-8-22(15-20)34-32-24-14-11-21(16-25(24)33-34)31-26(35)19-9-12-23(13-10-19)36-17-18-5-2-1-3-6-18/h1-16H,17H2,(H,31,35). The molecule has 0 aliphatic carbocycles. The van der Waals surface area contributed by atoms with E-state index in [-0.39, 0.29) is 11.6 Å². The van der Waals surface area contributed by atoms with E-state index in [9.17, 15) is 18.0 Å². The molecule has 9 heteroatoms. The van der Waals surface area contributed by atoms with E-state index < -0.39 is 11.7 Å². The van der Waals surface area contributed by atoms with Crippen LogP contribution in [0.4, 0.5) is 18.9 Å². The number of hydrogen-bond acceptors (Lipinski definition) is 4. The van der Waals surface area contributed by atoms with Gasteiger partial charge >= 0.3 is 6.18 Å². The number of anilines is 1. The van der Waals surface area contributed by atoms with E-state index >= 15 is 0 Å². The number of benzene rings is 4. The molecular weight excluding hydrogens is 469 g/mol. The van der Waals surface area contributed by atoms with Gasteiger partial charge in [-0.3, -0.25) is 4.79 Å². The van der Waals surface area contributed by atoms with E-state index in [1.54, 1.807) is 42.5 Å². The van der Waals surface area contributed by atoms with Gasteiger partial charge in [-0.25, -0.2) is 0 Å². The number of halogens is 3. The summed E-state index contributed by atoms with van der Waals surface area (Å²) in [6.07, 6.45) is -4.47. The minimum atomic E-state index is -4.47. The van der Waals surface area contributed by atoms with Gasteiger partial charge in [-0.15, -0.1) is 10.2 Å². The molecule has 5 rings (SSSR count). The van der Waals surface area contributed by atoms with Crippen molar-refractivity contribution in [3.8, 4) is 11.4 Å². The molecule has 1 aromatic heterocycles. The van der Waals surface area contributed by atoms with Gasteiger partial charge in [-0.1, -0.05) is 36.4 Å². The molecule has 0 fully saturated rings. The van der Waals surface area contributed by atoms with Gasteiger partial charge in [0.2, 0.25) is 0 Å². The molecule has 0 bridgehead atoms. The molecule has 0 aliphatic rings. The minimum absolute atomic E-state index is 0.182. The van der Waals surface area contributed by atoms with Crippen molar-refractivity contribution < 1.29 is 22.7 Å². The van der Waals surface area contributed by atoms with Gasteiger partial charge in [0.25, 0.3) is 5.91 Å². The van der Waals surface area contributed by atoms with Crippen LogP contribution in [0, 0.1) is 0 Å². The molecule has 4 aromatic carbocycles. The lowest BCUT2D eigenvalue weighted by Gasteiger charge is -2.08. The number of carbonyl (C=O) groups is 1. The third-order valence-corrected chi connectivity index (χ3v) is 5.41. The molecule has 0 atom stereocenters. The Bertz CT molecular complexity index is 1510. The molecule has 1 amide bonds. The first kappa shape index (κ1) is 23.1. The monoisotopic (exact) mass is 488 g/mol. The summed E-state index contributed by atoms with van der Waals surface area (Å²) in [4.78, 5) is 13.8. The smallest absolute Gasteiger partial charge is 0.416 e. The van der Waals surface area contributed by atoms with E-state index in [0.29, 0.717) is 34.6 Å². The summed E-state index contributed by atoms with van der Waals surface area (Å²) < 4.78 is 44.9. The zero-order valence-corrected chi connectivity index (χ0v) is 18.7. The quantitative estimate of drug-likeness (QED) is 0.306. The highest BCUT2D eigenvalue weighted by molar-refractivity contribution is 6.05. The van der Waals surface area contributed by atoms with Crippen molar-refractivity contribution in [1.82, 2.24) is 15.0 Å². The van der Waals surface area contributed by atoms with Crippen molar-refractivity contribution in [1.29, 1.82) is 0 Å². The van der Waals surface area contributed by atoms with Gasteiger partial charge in [0.05, 0.1) is 11.3 Å². The van der Waals surface area contributed by atoms with E-state index in [4.69, 9.17) is 4.74 Å². The van der Waals surface area contributed by atoms with Crippen molar-refractivity contribution >= 4 is 22.6 Å². The number of nitrogens with zero attached hydrogens (tertiary/aromatic N) is 3. The molecule has 0 aliphatic heterocycles. The van der Waals surface area contributed by atoms with Crippen molar-refractivity contribution in [3.63, 3.8) is 0 Å². The second kappa shape index (κ2) is 9.53. The van der Waals surface area contributed by atoms with Gasteiger partial charge in [-0.2, -0.15) is 18.0 Å². The number of ether oxygens (including phenoxy) is 1. The largest absolute Gasteiger partial charge is 0.489 e. The molecule has 0 unspecified atom stereocenters. The van der Waals surface area contributed by atoms with Crippen LogP contribution in [0.25, 0.3) is 16.7 Å². The van der Waals surface area contributed by atoms with Crippen LogP contribution in [-0.2, 0) is 12.8 Å². The van der Waals surface area contributed by atoms with Crippen molar-refractivity contribution in [2.75, 3.05) is 5.32 Å². The number of aromatic nitrogens is 3. The zero-order chi connectivity index (χ0) is 25.1. The van der Waals surface area contributed by atoms with E-state index in [1.807, 2.05) is 30.3 Å². The Hall–Kier alpha value is -4.66. The number of fused-ring (bicyclic) bond motifs is 1. The second-order valence-electron chi connectivity index (χ2n) is 7.99. The van der Waals surface area contributed by atoms with E-state index in [0.717, 1.165) is 22.5 Å². The van der Waals surface area contributed by atoms with Gasteiger partial charge < -0.3 is 10.1 Å². The maximum absolute atomic E-state index is 13.0. The Kier molecular flexibility index (Phi) is 6.12. The van der Waals surface area contributed by atoms with Crippen LogP contribution in [0.3, 0.4) is 0 Å². The van der Waals surface area contributed by atoms with Crippen LogP contribution in [0.2, 0.25) is 0 Å². The van der Waals surface area contributed by atoms with Crippen LogP contribution < -0.4 is 10.1 Å². The molecule has 1 heterocycles. The predicted molar refractivity (Wildman–Crippen MR) is 129 cm³/mol. The van der Waals surface area contributed by atoms with Crippen LogP contribution in [0.1, 0.15) is 21.5 Å². The lowest BCUT2D eigenvalue weighted by atomic mass is 10.2. The first-order chi connectivity index (χ1) is 17.3. The highest BCUT2D eigenvalue weighted by Gasteiger charge is 2.30. The molecule has 5 aromatic rings. The molecule has 0 saturated carbocycles. The lowest BCUT2D eigenvalue weighted by Crippen LogP contribution is -2.11. The molecule has 1 N–H and O–H groups in total. The number of nitrogens with one attached hydrogen (secondary N) is 1. The predicted octanol–water partition coefficient (Wildman–Crippen LogP) is 6.27. The van der Waals surface area contributed by atoms with Gasteiger partial charge in [0, 0.05) is 11.3 Å². The summed E-state index contributed by atoms with van der Waals surface area (Å²) in [7, 11) is 0. The van der Waals surface area contributed by atoms with Crippen molar-refractivity contribution in [2.24, 2.45) is 0 Å². The summed E-state index contributed by atoms with van der Waals surface area (Å²) in [6.45, 7) is 0.424. The number of alkyl halides is 3. The summed E-state index contributed by atoms with van der Waals surface area (Å²) in [5.41, 5.74) is 2.26. The van der Waals surface area contributed by atoms with Crippen LogP contribution >= 0.6 is 0 Å². The van der Waals surface area contributed by atoms with Crippen molar-refractivity contribution in [2.45, 2.75) is 12.8 Å². The van der Waals surface area contributed by atoms with E-state index in [1.165, 1.54) is 12.1 Å². The minimum Gasteiger partial charge on any atom is -0.489 e. The summed E-state index contributed by atoms with van der Waals surface area (Å²) in [5.74, 6) is 0.317. The molecule has 0 spiro atoms. The Morgan fingerprint density at radius 1 is 0.833 bits per heavy atom. The number of carbonyl (C=O) groups excluding carboxylic acids is 1. The maximum atomic E-state index is 13.0. The fourth-order valence-electron chi connectivity index (χ4n) is 3.56. The Morgan fingerprint density at radius 2 is 1.58 bits per heavy atom. The zero-order valence-electron chi connectivity index (χ0n) is 18.7. The molecule has 36 heavy (non-hydrogen) atoms. The summed E-state index contributed by atoms with van der Waals surface area (Å²) in [6, 6.07) is 26.2. The van der Waals surface area contributed by atoms with Gasteiger partial charge in [-0.05, 0) is 66.2 Å². The fraction of sp³-hybridized carbons (Fsp3) is 0.0741.